The summed E-state index contributed by atoms with van der Waals surface area (Å²) in [6.45, 7) is 0. The van der Waals surface area contributed by atoms with Crippen LogP contribution in [0.3, 0.4) is 0 Å². The number of sulfone groups is 1. The minimum atomic E-state index is -2.95. The van der Waals surface area contributed by atoms with E-state index in [9.17, 15) is 13.2 Å². The highest BCUT2D eigenvalue weighted by Gasteiger charge is 2.27. The van der Waals surface area contributed by atoms with Crippen molar-refractivity contribution in [3.05, 3.63) is 42.5 Å². The highest BCUT2D eigenvalue weighted by molar-refractivity contribution is 7.91. The first-order chi connectivity index (χ1) is 11.5. The average Bonchev–Trinajstić information content (AvgIpc) is 2.89. The zero-order valence-electron chi connectivity index (χ0n) is 12.8. The Hall–Kier alpha value is -2.68. The maximum Gasteiger partial charge on any atom is 0.324 e. The highest BCUT2D eigenvalue weighted by atomic mass is 32.2. The van der Waals surface area contributed by atoms with E-state index in [2.05, 4.69) is 26.1 Å². The molecule has 0 bridgehead atoms. The van der Waals surface area contributed by atoms with Crippen molar-refractivity contribution in [1.82, 2.24) is 10.2 Å². The van der Waals surface area contributed by atoms with Crippen LogP contribution >= 0.6 is 0 Å². The number of nitrogens with one attached hydrogen (secondary N) is 3. The lowest BCUT2D eigenvalue weighted by atomic mass is 10.2. The van der Waals surface area contributed by atoms with Crippen LogP contribution in [0.25, 0.3) is 0 Å². The molecule has 2 amide bonds. The molecular weight excluding hydrogens is 330 g/mol. The second-order valence-corrected chi connectivity index (χ2v) is 7.72. The predicted molar refractivity (Wildman–Crippen MR) is 91.8 cm³/mol. The number of carbonyl (C=O) groups excluding carboxylic acids is 1. The van der Waals surface area contributed by atoms with Gasteiger partial charge in [-0.1, -0.05) is 18.2 Å². The Morgan fingerprint density at radius 3 is 2.33 bits per heavy atom. The van der Waals surface area contributed by atoms with Gasteiger partial charge in [0.2, 0.25) is 0 Å². The van der Waals surface area contributed by atoms with Gasteiger partial charge in [-0.2, -0.15) is 0 Å². The van der Waals surface area contributed by atoms with Crippen molar-refractivity contribution in [2.45, 2.75) is 12.5 Å². The van der Waals surface area contributed by atoms with E-state index in [4.69, 9.17) is 0 Å². The van der Waals surface area contributed by atoms with Gasteiger partial charge in [-0.25, -0.2) is 13.2 Å². The Morgan fingerprint density at radius 2 is 1.71 bits per heavy atom. The van der Waals surface area contributed by atoms with Crippen LogP contribution in [0.4, 0.5) is 22.1 Å². The number of rotatable bonds is 4. The summed E-state index contributed by atoms with van der Waals surface area (Å²) in [5.41, 5.74) is 0.670. The van der Waals surface area contributed by atoms with Crippen LogP contribution in [-0.2, 0) is 9.84 Å². The molecule has 126 valence electrons. The molecule has 8 nitrogen and oxygen atoms in total. The molecule has 3 N–H and O–H groups in total. The minimum absolute atomic E-state index is 0.105. The van der Waals surface area contributed by atoms with Gasteiger partial charge in [0.05, 0.1) is 11.5 Å². The second kappa shape index (κ2) is 6.83. The average molecular weight is 347 g/mol. The van der Waals surface area contributed by atoms with E-state index in [0.29, 0.717) is 23.7 Å². The number of anilines is 3. The molecule has 1 aromatic heterocycles. The van der Waals surface area contributed by atoms with Crippen LogP contribution in [-0.4, -0.2) is 42.2 Å². The summed E-state index contributed by atoms with van der Waals surface area (Å²) >= 11 is 0. The standard InChI is InChI=1S/C15H17N5O3S/c21-15(17-11-4-2-1-3-5-11)18-14-7-6-13(19-20-14)16-12-8-9-24(22,23)10-12/h1-7,12H,8-10H2,(H,16,19)(H2,17,18,20,21). The van der Waals surface area contributed by atoms with Crippen LogP contribution in [0.2, 0.25) is 0 Å². The molecule has 2 aromatic rings. The third-order valence-corrected chi connectivity index (χ3v) is 5.29. The van der Waals surface area contributed by atoms with Crippen molar-refractivity contribution in [1.29, 1.82) is 0 Å². The van der Waals surface area contributed by atoms with Crippen LogP contribution in [0.15, 0.2) is 42.5 Å². The van der Waals surface area contributed by atoms with Crippen molar-refractivity contribution in [3.8, 4) is 0 Å². The molecule has 1 aliphatic rings. The molecule has 9 heteroatoms. The summed E-state index contributed by atoms with van der Waals surface area (Å²) in [5.74, 6) is 1.07. The van der Waals surface area contributed by atoms with Crippen LogP contribution in [0, 0.1) is 0 Å². The van der Waals surface area contributed by atoms with E-state index in [0.717, 1.165) is 0 Å². The Morgan fingerprint density at radius 1 is 1.00 bits per heavy atom. The summed E-state index contributed by atoms with van der Waals surface area (Å²) in [5, 5.41) is 16.1. The largest absolute Gasteiger partial charge is 0.365 e. The number of benzene rings is 1. The first-order valence-corrected chi connectivity index (χ1v) is 9.26. The SMILES string of the molecule is O=C(Nc1ccccc1)Nc1ccc(NC2CCS(=O)(=O)C2)nn1. The third-order valence-electron chi connectivity index (χ3n) is 3.52. The van der Waals surface area contributed by atoms with Crippen LogP contribution < -0.4 is 16.0 Å². The normalized spacial score (nSPS) is 18.8. The fourth-order valence-electron chi connectivity index (χ4n) is 2.39. The predicted octanol–water partition coefficient (Wildman–Crippen LogP) is 1.72. The number of carbonyl (C=O) groups is 1. The Kier molecular flexibility index (Phi) is 4.61. The summed E-state index contributed by atoms with van der Waals surface area (Å²) < 4.78 is 22.9. The van der Waals surface area contributed by atoms with Gasteiger partial charge in [0.15, 0.2) is 15.7 Å². The van der Waals surface area contributed by atoms with Gasteiger partial charge in [0.1, 0.15) is 5.82 Å². The van der Waals surface area contributed by atoms with Gasteiger partial charge in [-0.05, 0) is 30.7 Å². The summed E-state index contributed by atoms with van der Waals surface area (Å²) in [6, 6.07) is 11.7. The van der Waals surface area contributed by atoms with Crippen molar-refractivity contribution in [2.75, 3.05) is 27.5 Å². The zero-order chi connectivity index (χ0) is 17.0. The van der Waals surface area contributed by atoms with E-state index < -0.39 is 15.9 Å². The van der Waals surface area contributed by atoms with E-state index in [-0.39, 0.29) is 17.5 Å². The molecule has 24 heavy (non-hydrogen) atoms. The molecule has 1 aliphatic heterocycles. The van der Waals surface area contributed by atoms with Gasteiger partial charge in [0.25, 0.3) is 0 Å². The summed E-state index contributed by atoms with van der Waals surface area (Å²) in [6.07, 6.45) is 0.559. The Balaban J connectivity index is 1.54. The number of para-hydroxylation sites is 1. The molecule has 0 saturated carbocycles. The first kappa shape index (κ1) is 16.2. The minimum Gasteiger partial charge on any atom is -0.365 e. The number of hydrogen-bond acceptors (Lipinski definition) is 6. The molecule has 1 aromatic carbocycles. The molecule has 1 atom stereocenters. The quantitative estimate of drug-likeness (QED) is 0.776. The molecule has 0 spiro atoms. The molecule has 0 aliphatic carbocycles. The van der Waals surface area contributed by atoms with Crippen molar-refractivity contribution < 1.29 is 13.2 Å². The van der Waals surface area contributed by atoms with Crippen LogP contribution in [0.1, 0.15) is 6.42 Å². The Labute approximate surface area is 139 Å². The van der Waals surface area contributed by atoms with E-state index in [1.165, 1.54) is 0 Å². The van der Waals surface area contributed by atoms with E-state index in [1.54, 1.807) is 24.3 Å². The third kappa shape index (κ3) is 4.42. The van der Waals surface area contributed by atoms with Crippen molar-refractivity contribution in [2.24, 2.45) is 0 Å². The van der Waals surface area contributed by atoms with Gasteiger partial charge in [-0.3, -0.25) is 5.32 Å². The van der Waals surface area contributed by atoms with Gasteiger partial charge in [-0.15, -0.1) is 10.2 Å². The molecular formula is C15H17N5O3S. The highest BCUT2D eigenvalue weighted by Crippen LogP contribution is 2.16. The summed E-state index contributed by atoms with van der Waals surface area (Å²) in [7, 11) is -2.95. The smallest absolute Gasteiger partial charge is 0.324 e. The fraction of sp³-hybridized carbons (Fsp3) is 0.267. The molecule has 3 rings (SSSR count). The lowest BCUT2D eigenvalue weighted by Gasteiger charge is -2.11. The number of urea groups is 1. The lowest BCUT2D eigenvalue weighted by Crippen LogP contribution is -2.22. The molecule has 0 radical (unpaired) electrons. The second-order valence-electron chi connectivity index (χ2n) is 5.49. The van der Waals surface area contributed by atoms with Gasteiger partial charge in [0, 0.05) is 11.7 Å². The molecule has 2 heterocycles. The maximum atomic E-state index is 11.8. The van der Waals surface area contributed by atoms with Crippen molar-refractivity contribution in [3.63, 3.8) is 0 Å². The molecule has 1 unspecified atom stereocenters. The lowest BCUT2D eigenvalue weighted by molar-refractivity contribution is 0.262. The summed E-state index contributed by atoms with van der Waals surface area (Å²) in [4.78, 5) is 11.8. The monoisotopic (exact) mass is 347 g/mol. The Bertz CT molecular complexity index is 809. The van der Waals surface area contributed by atoms with Crippen LogP contribution in [0.5, 0.6) is 0 Å². The number of aromatic nitrogens is 2. The van der Waals surface area contributed by atoms with E-state index >= 15 is 0 Å². The van der Waals surface area contributed by atoms with E-state index in [1.807, 2.05) is 18.2 Å². The number of hydrogen-bond donors (Lipinski definition) is 3. The number of nitrogens with zero attached hydrogens (tertiary/aromatic N) is 2. The fourth-order valence-corrected chi connectivity index (χ4v) is 4.07. The first-order valence-electron chi connectivity index (χ1n) is 7.44. The van der Waals surface area contributed by atoms with Gasteiger partial charge < -0.3 is 10.6 Å². The maximum absolute atomic E-state index is 11.8. The van der Waals surface area contributed by atoms with Gasteiger partial charge >= 0.3 is 6.03 Å². The zero-order valence-corrected chi connectivity index (χ0v) is 13.6. The number of amides is 2. The van der Waals surface area contributed by atoms with Crippen molar-refractivity contribution >= 4 is 33.2 Å². The topological polar surface area (TPSA) is 113 Å². The molecule has 1 fully saturated rings. The molecule has 1 saturated heterocycles.